The number of aliphatic hydroxyl groups is 1. The van der Waals surface area contributed by atoms with Gasteiger partial charge in [-0.15, -0.1) is 0 Å². The van der Waals surface area contributed by atoms with Gasteiger partial charge in [0.15, 0.2) is 0 Å². The summed E-state index contributed by atoms with van der Waals surface area (Å²) in [5.41, 5.74) is 0.824. The molecule has 1 aliphatic heterocycles. The highest BCUT2D eigenvalue weighted by Gasteiger charge is 2.52. The van der Waals surface area contributed by atoms with Crippen molar-refractivity contribution in [3.63, 3.8) is 0 Å². The molecule has 2 aliphatic rings. The van der Waals surface area contributed by atoms with Crippen molar-refractivity contribution in [3.8, 4) is 0 Å². The fraction of sp³-hybridized carbons (Fsp3) is 0.667. The highest BCUT2D eigenvalue weighted by atomic mass is 16.5. The predicted octanol–water partition coefficient (Wildman–Crippen LogP) is 1.04. The first-order valence-electron chi connectivity index (χ1n) is 8.64. The quantitative estimate of drug-likeness (QED) is 0.872. The topological polar surface area (TPSA) is 65.9 Å². The number of methoxy groups -OCH3 is 1. The summed E-state index contributed by atoms with van der Waals surface area (Å²) < 4.78 is 5.81. The van der Waals surface area contributed by atoms with Crippen LogP contribution in [0.4, 0.5) is 0 Å². The van der Waals surface area contributed by atoms with Crippen LogP contribution in [-0.2, 0) is 16.1 Å². The molecule has 24 heavy (non-hydrogen) atoms. The molecule has 1 saturated carbocycles. The van der Waals surface area contributed by atoms with Gasteiger partial charge in [0.1, 0.15) is 0 Å². The summed E-state index contributed by atoms with van der Waals surface area (Å²) in [6, 6.07) is 3.91. The fourth-order valence-electron chi connectivity index (χ4n) is 4.16. The third-order valence-electron chi connectivity index (χ3n) is 5.46. The van der Waals surface area contributed by atoms with E-state index in [-0.39, 0.29) is 23.7 Å². The monoisotopic (exact) mass is 333 g/mol. The zero-order valence-electron chi connectivity index (χ0n) is 14.5. The minimum absolute atomic E-state index is 0.00876. The lowest BCUT2D eigenvalue weighted by atomic mass is 9.79. The molecule has 1 aliphatic carbocycles. The van der Waals surface area contributed by atoms with Gasteiger partial charge >= 0.3 is 0 Å². The largest absolute Gasteiger partial charge is 0.393 e. The van der Waals surface area contributed by atoms with Gasteiger partial charge in [-0.2, -0.15) is 0 Å². The number of pyridine rings is 1. The van der Waals surface area contributed by atoms with Gasteiger partial charge in [0.2, 0.25) is 5.91 Å². The molecule has 1 aromatic heterocycles. The third kappa shape index (κ3) is 3.45. The molecular formula is C18H27N3O3. The standard InChI is InChI=1S/C18H27N3O3/c1-20(12-14-4-3-8-19-11-14)13-17(23)21-9-7-18(24-2)6-5-15(22)10-16(18)21/h3-4,8,11,15-16,22H,5-7,9-10,12-13H2,1-2H3/t15-,16-,18+/m0/s1. The number of fused-ring (bicyclic) bond motifs is 1. The van der Waals surface area contributed by atoms with Crippen LogP contribution in [0.3, 0.4) is 0 Å². The number of aliphatic hydroxyl groups excluding tert-OH is 1. The molecule has 0 radical (unpaired) electrons. The number of aromatic nitrogens is 1. The number of hydrogen-bond donors (Lipinski definition) is 1. The Hall–Kier alpha value is -1.50. The molecule has 1 amide bonds. The summed E-state index contributed by atoms with van der Waals surface area (Å²) in [5, 5.41) is 10.0. The number of amides is 1. The number of hydrogen-bond acceptors (Lipinski definition) is 5. The average Bonchev–Trinajstić information content (AvgIpc) is 2.95. The van der Waals surface area contributed by atoms with Crippen molar-refractivity contribution >= 4 is 5.91 Å². The number of ether oxygens (including phenoxy) is 1. The lowest BCUT2D eigenvalue weighted by Gasteiger charge is -2.42. The van der Waals surface area contributed by atoms with Crippen LogP contribution in [0.25, 0.3) is 0 Å². The van der Waals surface area contributed by atoms with Gasteiger partial charge in [0, 0.05) is 32.6 Å². The molecule has 3 rings (SSSR count). The summed E-state index contributed by atoms with van der Waals surface area (Å²) >= 11 is 0. The van der Waals surface area contributed by atoms with Gasteiger partial charge in [-0.05, 0) is 44.4 Å². The number of rotatable bonds is 5. The molecule has 1 N–H and O–H groups in total. The predicted molar refractivity (Wildman–Crippen MR) is 90.3 cm³/mol. The Morgan fingerprint density at radius 3 is 3.08 bits per heavy atom. The first-order chi connectivity index (χ1) is 11.5. The molecule has 0 unspecified atom stereocenters. The molecule has 1 saturated heterocycles. The van der Waals surface area contributed by atoms with Crippen molar-refractivity contribution in [2.75, 3.05) is 27.2 Å². The number of carbonyl (C=O) groups excluding carboxylic acids is 1. The van der Waals surface area contributed by atoms with Gasteiger partial charge in [0.05, 0.1) is 24.3 Å². The molecule has 6 heteroatoms. The molecule has 6 nitrogen and oxygen atoms in total. The smallest absolute Gasteiger partial charge is 0.237 e. The summed E-state index contributed by atoms with van der Waals surface area (Å²) in [6.45, 7) is 1.77. The van der Waals surface area contributed by atoms with Gasteiger partial charge in [-0.3, -0.25) is 14.7 Å². The van der Waals surface area contributed by atoms with E-state index in [9.17, 15) is 9.90 Å². The molecule has 0 aromatic carbocycles. The maximum absolute atomic E-state index is 12.8. The van der Waals surface area contributed by atoms with E-state index in [0.717, 1.165) is 24.8 Å². The van der Waals surface area contributed by atoms with Crippen LogP contribution in [-0.4, -0.2) is 70.8 Å². The van der Waals surface area contributed by atoms with Crippen LogP contribution in [0.15, 0.2) is 24.5 Å². The van der Waals surface area contributed by atoms with Gasteiger partial charge in [-0.25, -0.2) is 0 Å². The van der Waals surface area contributed by atoms with E-state index in [4.69, 9.17) is 4.74 Å². The number of likely N-dealkylation sites (tertiary alicyclic amines) is 1. The van der Waals surface area contributed by atoms with E-state index in [1.54, 1.807) is 13.3 Å². The van der Waals surface area contributed by atoms with E-state index < -0.39 is 0 Å². The minimum Gasteiger partial charge on any atom is -0.393 e. The summed E-state index contributed by atoms with van der Waals surface area (Å²) in [5.74, 6) is 0.111. The maximum atomic E-state index is 12.8. The summed E-state index contributed by atoms with van der Waals surface area (Å²) in [4.78, 5) is 20.8. The SMILES string of the molecule is CO[C@@]12CC[C@H](O)C[C@@H]1N(C(=O)CN(C)Cc1cccnc1)CC2. The first kappa shape index (κ1) is 17.3. The Morgan fingerprint density at radius 2 is 2.38 bits per heavy atom. The Bertz CT molecular complexity index is 568. The lowest BCUT2D eigenvalue weighted by molar-refractivity contribution is -0.140. The Kier molecular flexibility index (Phi) is 5.18. The number of carbonyl (C=O) groups is 1. The normalized spacial score (nSPS) is 29.8. The van der Waals surface area contributed by atoms with Crippen molar-refractivity contribution in [1.29, 1.82) is 0 Å². The zero-order chi connectivity index (χ0) is 17.2. The number of likely N-dealkylation sites (N-methyl/N-ethyl adjacent to an activating group) is 1. The van der Waals surface area contributed by atoms with Crippen molar-refractivity contribution in [1.82, 2.24) is 14.8 Å². The Labute approximate surface area is 143 Å². The highest BCUT2D eigenvalue weighted by molar-refractivity contribution is 5.79. The highest BCUT2D eigenvalue weighted by Crippen LogP contribution is 2.42. The third-order valence-corrected chi connectivity index (χ3v) is 5.46. The van der Waals surface area contributed by atoms with Crippen LogP contribution in [0.1, 0.15) is 31.2 Å². The van der Waals surface area contributed by atoms with Crippen LogP contribution >= 0.6 is 0 Å². The molecule has 2 heterocycles. The summed E-state index contributed by atoms with van der Waals surface area (Å²) in [7, 11) is 3.67. The molecule has 0 spiro atoms. The lowest BCUT2D eigenvalue weighted by Crippen LogP contribution is -2.54. The first-order valence-corrected chi connectivity index (χ1v) is 8.64. The van der Waals surface area contributed by atoms with Gasteiger partial charge in [0.25, 0.3) is 0 Å². The molecule has 2 fully saturated rings. The Balaban J connectivity index is 1.62. The van der Waals surface area contributed by atoms with E-state index in [1.807, 2.05) is 35.2 Å². The van der Waals surface area contributed by atoms with Crippen molar-refractivity contribution in [3.05, 3.63) is 30.1 Å². The second-order valence-corrected chi connectivity index (χ2v) is 7.08. The molecular weight excluding hydrogens is 306 g/mol. The van der Waals surface area contributed by atoms with E-state index in [1.165, 1.54) is 0 Å². The second kappa shape index (κ2) is 7.17. The van der Waals surface area contributed by atoms with Crippen molar-refractivity contribution < 1.29 is 14.6 Å². The molecule has 0 bridgehead atoms. The van der Waals surface area contributed by atoms with Crippen LogP contribution in [0.2, 0.25) is 0 Å². The van der Waals surface area contributed by atoms with Crippen molar-refractivity contribution in [2.24, 2.45) is 0 Å². The zero-order valence-corrected chi connectivity index (χ0v) is 14.5. The molecule has 132 valence electrons. The second-order valence-electron chi connectivity index (χ2n) is 7.08. The van der Waals surface area contributed by atoms with Crippen LogP contribution in [0, 0.1) is 0 Å². The Morgan fingerprint density at radius 1 is 1.54 bits per heavy atom. The van der Waals surface area contributed by atoms with Crippen molar-refractivity contribution in [2.45, 2.75) is 50.0 Å². The number of nitrogens with zero attached hydrogens (tertiary/aromatic N) is 3. The van der Waals surface area contributed by atoms with Crippen LogP contribution < -0.4 is 0 Å². The summed E-state index contributed by atoms with van der Waals surface area (Å²) in [6.07, 6.45) is 6.30. The molecule has 1 aromatic rings. The minimum atomic E-state index is -0.334. The maximum Gasteiger partial charge on any atom is 0.237 e. The fourth-order valence-corrected chi connectivity index (χ4v) is 4.16. The van der Waals surface area contributed by atoms with E-state index in [2.05, 4.69) is 4.98 Å². The van der Waals surface area contributed by atoms with E-state index in [0.29, 0.717) is 26.1 Å². The van der Waals surface area contributed by atoms with Gasteiger partial charge < -0.3 is 14.7 Å². The average molecular weight is 333 g/mol. The van der Waals surface area contributed by atoms with E-state index >= 15 is 0 Å². The van der Waals surface area contributed by atoms with Gasteiger partial charge in [-0.1, -0.05) is 6.07 Å². The molecule has 3 atom stereocenters. The van der Waals surface area contributed by atoms with Crippen LogP contribution in [0.5, 0.6) is 0 Å².